The Hall–Kier alpha value is -1.36. The minimum atomic E-state index is -0.548. The van der Waals surface area contributed by atoms with E-state index in [2.05, 4.69) is 10.5 Å². The third kappa shape index (κ3) is 2.56. The van der Waals surface area contributed by atoms with Crippen molar-refractivity contribution in [2.75, 3.05) is 5.32 Å². The molecule has 1 aromatic heterocycles. The van der Waals surface area contributed by atoms with E-state index < -0.39 is 11.5 Å². The summed E-state index contributed by atoms with van der Waals surface area (Å²) in [5.41, 5.74) is 0.112. The highest BCUT2D eigenvalue weighted by Crippen LogP contribution is 2.27. The molecule has 1 amide bonds. The number of anilines is 1. The normalized spacial score (nSPS) is 13.7. The summed E-state index contributed by atoms with van der Waals surface area (Å²) in [6.45, 7) is 6.79. The van der Waals surface area contributed by atoms with Crippen LogP contribution in [-0.4, -0.2) is 22.3 Å². The van der Waals surface area contributed by atoms with E-state index >= 15 is 0 Å². The molecular weight excluding hydrogens is 196 g/mol. The standard InChI is InChI=1S/C10H16N2O3/c1-6(13)10(3,4)8-5-9(15-12-8)11-7(2)14/h5-6,13H,1-4H3,(H,11,14)/t6-/m1/s1. The van der Waals surface area contributed by atoms with E-state index in [0.29, 0.717) is 11.6 Å². The van der Waals surface area contributed by atoms with Crippen LogP contribution < -0.4 is 5.32 Å². The minimum absolute atomic E-state index is 0.215. The summed E-state index contributed by atoms with van der Waals surface area (Å²) in [5, 5.41) is 15.9. The maximum atomic E-state index is 10.8. The van der Waals surface area contributed by atoms with Gasteiger partial charge in [-0.15, -0.1) is 0 Å². The monoisotopic (exact) mass is 212 g/mol. The largest absolute Gasteiger partial charge is 0.392 e. The molecule has 0 bridgehead atoms. The molecule has 1 rings (SSSR count). The molecule has 0 radical (unpaired) electrons. The van der Waals surface area contributed by atoms with Crippen molar-refractivity contribution >= 4 is 11.8 Å². The first-order chi connectivity index (χ1) is 6.84. The zero-order chi connectivity index (χ0) is 11.6. The van der Waals surface area contributed by atoms with E-state index in [1.165, 1.54) is 6.92 Å². The molecule has 0 aliphatic carbocycles. The molecule has 1 heterocycles. The van der Waals surface area contributed by atoms with Crippen LogP contribution in [0.4, 0.5) is 5.88 Å². The van der Waals surface area contributed by atoms with Crippen molar-refractivity contribution in [3.63, 3.8) is 0 Å². The van der Waals surface area contributed by atoms with E-state index in [-0.39, 0.29) is 5.91 Å². The molecule has 0 spiro atoms. The van der Waals surface area contributed by atoms with Gasteiger partial charge in [0.15, 0.2) is 0 Å². The van der Waals surface area contributed by atoms with Gasteiger partial charge in [0.05, 0.1) is 11.8 Å². The Labute approximate surface area is 88.5 Å². The molecule has 0 aliphatic heterocycles. The van der Waals surface area contributed by atoms with Gasteiger partial charge in [-0.05, 0) is 6.92 Å². The van der Waals surface area contributed by atoms with Crippen LogP contribution in [0, 0.1) is 0 Å². The van der Waals surface area contributed by atoms with Gasteiger partial charge in [0.2, 0.25) is 11.8 Å². The summed E-state index contributed by atoms with van der Waals surface area (Å²) in [4.78, 5) is 10.8. The third-order valence-corrected chi connectivity index (χ3v) is 2.51. The fourth-order valence-corrected chi connectivity index (χ4v) is 1.03. The van der Waals surface area contributed by atoms with Crippen LogP contribution in [0.3, 0.4) is 0 Å². The smallest absolute Gasteiger partial charge is 0.231 e. The lowest BCUT2D eigenvalue weighted by atomic mass is 9.84. The molecule has 0 unspecified atom stereocenters. The van der Waals surface area contributed by atoms with Crippen LogP contribution in [-0.2, 0) is 10.2 Å². The number of carbonyl (C=O) groups excluding carboxylic acids is 1. The second-order valence-corrected chi connectivity index (χ2v) is 4.16. The van der Waals surface area contributed by atoms with Crippen LogP contribution in [0.5, 0.6) is 0 Å². The van der Waals surface area contributed by atoms with Gasteiger partial charge in [-0.2, -0.15) is 0 Å². The molecule has 1 aromatic rings. The van der Waals surface area contributed by atoms with Gasteiger partial charge in [-0.25, -0.2) is 0 Å². The quantitative estimate of drug-likeness (QED) is 0.791. The average molecular weight is 212 g/mol. The van der Waals surface area contributed by atoms with E-state index in [1.54, 1.807) is 13.0 Å². The Kier molecular flexibility index (Phi) is 3.14. The van der Waals surface area contributed by atoms with Gasteiger partial charge in [-0.1, -0.05) is 19.0 Å². The lowest BCUT2D eigenvalue weighted by Gasteiger charge is -2.24. The van der Waals surface area contributed by atoms with Crippen LogP contribution in [0.25, 0.3) is 0 Å². The predicted molar refractivity (Wildman–Crippen MR) is 55.5 cm³/mol. The Morgan fingerprint density at radius 2 is 2.27 bits per heavy atom. The lowest BCUT2D eigenvalue weighted by molar-refractivity contribution is -0.114. The Morgan fingerprint density at radius 3 is 2.73 bits per heavy atom. The van der Waals surface area contributed by atoms with E-state index in [0.717, 1.165) is 0 Å². The first kappa shape index (κ1) is 11.7. The summed E-state index contributed by atoms with van der Waals surface area (Å²) in [6, 6.07) is 1.62. The Balaban J connectivity index is 2.88. The molecule has 0 aliphatic rings. The predicted octanol–water partition coefficient (Wildman–Crippen LogP) is 1.29. The average Bonchev–Trinajstić information content (AvgIpc) is 2.51. The number of aliphatic hydroxyl groups is 1. The number of aliphatic hydroxyl groups excluding tert-OH is 1. The maximum Gasteiger partial charge on any atom is 0.231 e. The molecule has 15 heavy (non-hydrogen) atoms. The molecule has 0 saturated carbocycles. The summed E-state index contributed by atoms with van der Waals surface area (Å²) >= 11 is 0. The van der Waals surface area contributed by atoms with Crippen LogP contribution in [0.1, 0.15) is 33.4 Å². The van der Waals surface area contributed by atoms with E-state index in [9.17, 15) is 9.90 Å². The number of carbonyl (C=O) groups is 1. The van der Waals surface area contributed by atoms with Gasteiger partial charge < -0.3 is 9.63 Å². The highest BCUT2D eigenvalue weighted by atomic mass is 16.5. The zero-order valence-electron chi connectivity index (χ0n) is 9.37. The fourth-order valence-electron chi connectivity index (χ4n) is 1.03. The molecular formula is C10H16N2O3. The molecule has 1 atom stereocenters. The van der Waals surface area contributed by atoms with Gasteiger partial charge >= 0.3 is 0 Å². The van der Waals surface area contributed by atoms with Gasteiger partial charge in [-0.3, -0.25) is 10.1 Å². The first-order valence-electron chi connectivity index (χ1n) is 4.77. The molecule has 0 saturated heterocycles. The number of hydrogen-bond acceptors (Lipinski definition) is 4. The summed E-state index contributed by atoms with van der Waals surface area (Å²) in [7, 11) is 0. The highest BCUT2D eigenvalue weighted by Gasteiger charge is 2.30. The number of aromatic nitrogens is 1. The summed E-state index contributed by atoms with van der Waals surface area (Å²) in [5.74, 6) is 0.0822. The van der Waals surface area contributed by atoms with Crippen LogP contribution >= 0.6 is 0 Å². The number of nitrogens with one attached hydrogen (secondary N) is 1. The Bertz CT molecular complexity index is 355. The number of hydrogen-bond donors (Lipinski definition) is 2. The molecule has 0 fully saturated rings. The zero-order valence-corrected chi connectivity index (χ0v) is 9.37. The van der Waals surface area contributed by atoms with Crippen LogP contribution in [0.2, 0.25) is 0 Å². The van der Waals surface area contributed by atoms with Crippen molar-refractivity contribution in [2.45, 2.75) is 39.2 Å². The van der Waals surface area contributed by atoms with Gasteiger partial charge in [0.1, 0.15) is 0 Å². The second-order valence-electron chi connectivity index (χ2n) is 4.16. The summed E-state index contributed by atoms with van der Waals surface area (Å²) < 4.78 is 4.92. The van der Waals surface area contributed by atoms with Crippen molar-refractivity contribution in [3.8, 4) is 0 Å². The van der Waals surface area contributed by atoms with Crippen molar-refractivity contribution < 1.29 is 14.4 Å². The number of rotatable bonds is 3. The number of amides is 1. The minimum Gasteiger partial charge on any atom is -0.392 e. The lowest BCUT2D eigenvalue weighted by Crippen LogP contribution is -2.31. The van der Waals surface area contributed by atoms with Crippen molar-refractivity contribution in [2.24, 2.45) is 0 Å². The molecule has 5 heteroatoms. The van der Waals surface area contributed by atoms with Crippen molar-refractivity contribution in [1.29, 1.82) is 0 Å². The van der Waals surface area contributed by atoms with Crippen LogP contribution in [0.15, 0.2) is 10.6 Å². The van der Waals surface area contributed by atoms with E-state index in [4.69, 9.17) is 4.52 Å². The van der Waals surface area contributed by atoms with E-state index in [1.807, 2.05) is 13.8 Å². The van der Waals surface area contributed by atoms with Crippen molar-refractivity contribution in [1.82, 2.24) is 5.16 Å². The molecule has 0 aromatic carbocycles. The van der Waals surface area contributed by atoms with Crippen molar-refractivity contribution in [3.05, 3.63) is 11.8 Å². The highest BCUT2D eigenvalue weighted by molar-refractivity contribution is 5.87. The molecule has 2 N–H and O–H groups in total. The number of nitrogens with zero attached hydrogens (tertiary/aromatic N) is 1. The molecule has 84 valence electrons. The molecule has 5 nitrogen and oxygen atoms in total. The third-order valence-electron chi connectivity index (χ3n) is 2.51. The topological polar surface area (TPSA) is 75.4 Å². The Morgan fingerprint density at radius 1 is 1.67 bits per heavy atom. The van der Waals surface area contributed by atoms with Gasteiger partial charge in [0.25, 0.3) is 0 Å². The van der Waals surface area contributed by atoms with Gasteiger partial charge in [0, 0.05) is 18.4 Å². The first-order valence-corrected chi connectivity index (χ1v) is 4.77. The fraction of sp³-hybridized carbons (Fsp3) is 0.600. The SMILES string of the molecule is CC(=O)Nc1cc(C(C)(C)[C@@H](C)O)no1. The maximum absolute atomic E-state index is 10.8. The second kappa shape index (κ2) is 4.02. The summed E-state index contributed by atoms with van der Waals surface area (Å²) in [6.07, 6.45) is -0.548.